The fourth-order valence-electron chi connectivity index (χ4n) is 13.7. The zero-order valence-electron chi connectivity index (χ0n) is 88.2. The van der Waals surface area contributed by atoms with E-state index in [9.17, 15) is 9.59 Å². The molecule has 16 aromatic rings. The van der Waals surface area contributed by atoms with Crippen LogP contribution in [0.15, 0.2) is 333 Å². The van der Waals surface area contributed by atoms with Crippen molar-refractivity contribution in [2.45, 2.75) is 39.6 Å². The van der Waals surface area contributed by atoms with E-state index in [1.54, 1.807) is 84.7 Å². The number of amides is 1. The monoisotopic (exact) mass is 2000 g/mol. The summed E-state index contributed by atoms with van der Waals surface area (Å²) >= 11 is 1.72. The highest BCUT2D eigenvalue weighted by molar-refractivity contribution is 7.09. The van der Waals surface area contributed by atoms with Crippen molar-refractivity contribution in [1.82, 2.24) is 10.3 Å². The third-order valence-corrected chi connectivity index (χ3v) is 23.0. The molecule has 6 aromatic heterocycles. The molecule has 0 fully saturated rings. The van der Waals surface area contributed by atoms with E-state index in [-0.39, 0.29) is 19.1 Å². The molecule has 16 rings (SSSR count). The van der Waals surface area contributed by atoms with E-state index in [1.807, 2.05) is 370 Å². The smallest absolute Gasteiger partial charge is 0.338 e. The van der Waals surface area contributed by atoms with Gasteiger partial charge in [-0.3, -0.25) is 4.79 Å². The average Bonchev–Trinajstić information content (AvgIpc) is 1.03. The summed E-state index contributed by atoms with van der Waals surface area (Å²) in [6, 6.07) is 88.5. The Morgan fingerprint density at radius 1 is 0.274 bits per heavy atom. The van der Waals surface area contributed by atoms with Crippen molar-refractivity contribution in [3.05, 3.63) is 360 Å². The number of furan rings is 4. The normalized spacial score (nSPS) is 10.4. The molecular formula is C116H138N14O15S. The predicted molar refractivity (Wildman–Crippen MR) is 594 cm³/mol. The molecule has 0 spiro atoms. The lowest BCUT2D eigenvalue weighted by atomic mass is 10.1. The molecule has 10 aromatic carbocycles. The molecule has 30 heteroatoms. The number of esters is 1. The van der Waals surface area contributed by atoms with Gasteiger partial charge in [-0.25, -0.2) is 4.79 Å². The third kappa shape index (κ3) is 35.1. The second-order valence-electron chi connectivity index (χ2n) is 36.2. The topological polar surface area (TPSA) is 236 Å². The fourth-order valence-corrected chi connectivity index (χ4v) is 14.4. The van der Waals surface area contributed by atoms with Crippen molar-refractivity contribution in [3.8, 4) is 69.0 Å². The van der Waals surface area contributed by atoms with Crippen LogP contribution in [0.4, 0.5) is 68.2 Å². The van der Waals surface area contributed by atoms with Crippen LogP contribution >= 0.6 is 11.3 Å². The summed E-state index contributed by atoms with van der Waals surface area (Å²) in [5, 5.41) is 4.94. The summed E-state index contributed by atoms with van der Waals surface area (Å²) in [5.41, 5.74) is 15.0. The van der Waals surface area contributed by atoms with Gasteiger partial charge in [-0.2, -0.15) is 0 Å². The number of hydrogen-bond acceptors (Lipinski definition) is 28. The van der Waals surface area contributed by atoms with Crippen LogP contribution in [0, 0.1) is 0 Å². The largest absolute Gasteiger partial charge is 0.488 e. The van der Waals surface area contributed by atoms with Gasteiger partial charge in [0.05, 0.1) is 48.5 Å². The Hall–Kier alpha value is -16.8. The van der Waals surface area contributed by atoms with E-state index in [1.165, 1.54) is 11.1 Å². The molecule has 6 heterocycles. The Bertz CT molecular complexity index is 5900. The van der Waals surface area contributed by atoms with Crippen LogP contribution in [0.1, 0.15) is 54.3 Å². The van der Waals surface area contributed by atoms with Crippen molar-refractivity contribution < 1.29 is 69.9 Å². The van der Waals surface area contributed by atoms with E-state index in [0.717, 1.165) is 108 Å². The Morgan fingerprint density at radius 2 is 0.603 bits per heavy atom. The van der Waals surface area contributed by atoms with Crippen LogP contribution in [0.25, 0.3) is 0 Å². The van der Waals surface area contributed by atoms with E-state index in [4.69, 9.17) is 60.3 Å². The molecule has 2 N–H and O–H groups in total. The molecule has 0 bridgehead atoms. The van der Waals surface area contributed by atoms with E-state index < -0.39 is 5.97 Å². The molecule has 0 saturated heterocycles. The quantitative estimate of drug-likeness (QED) is 0.0342. The van der Waals surface area contributed by atoms with Crippen LogP contribution in [0.5, 0.6) is 69.0 Å². The van der Waals surface area contributed by atoms with Gasteiger partial charge in [0, 0.05) is 297 Å². The number of ether oxygens (including phenoxy) is 9. The molecule has 1 amide bonds. The fraction of sp³-hybridized carbons (Fsp3) is 0.259. The van der Waals surface area contributed by atoms with Gasteiger partial charge >= 0.3 is 5.97 Å². The number of carbonyl (C=O) groups excluding carboxylic acids is 2. The molecular weight excluding hydrogens is 1860 g/mol. The van der Waals surface area contributed by atoms with Crippen molar-refractivity contribution in [3.63, 3.8) is 0 Å². The first-order chi connectivity index (χ1) is 70.0. The lowest BCUT2D eigenvalue weighted by Gasteiger charge is -2.21. The predicted octanol–water partition coefficient (Wildman–Crippen LogP) is 24.4. The molecule has 768 valence electrons. The molecule has 0 aliphatic rings. The second-order valence-corrected chi connectivity index (χ2v) is 37.2. The van der Waals surface area contributed by atoms with Crippen LogP contribution in [-0.2, 0) is 44.3 Å². The number of thiophene rings is 1. The average molecular weight is 2000 g/mol. The Balaban J connectivity index is 0.000000171. The summed E-state index contributed by atoms with van der Waals surface area (Å²) in [6.07, 6.45) is 8.32. The molecule has 0 unspecified atom stereocenters. The molecule has 0 aliphatic heterocycles. The number of aromatic amines is 1. The highest BCUT2D eigenvalue weighted by Gasteiger charge is 2.20. The molecule has 0 radical (unpaired) electrons. The molecule has 0 atom stereocenters. The minimum absolute atomic E-state index is 0.0328. The SMILES string of the molecule is CN(C)c1cc(OCc2ccc[nH]2)cc(N(C)C)c1.CN(C)c1cc(OCc2ccco2)cc(N(C)C)c1.CN(C)c1cc(OCc2cccs2)cc(N(C)C)c1.CN(C)c1ccc(OCc2ccco2)c(N(C)C)c1.CN(C)c1ccc(Oc2cc(Oc3ccc(N(C)C)cc3)cc(C(=O)NCc3ccco3)c2)cc1.CN(C)c1ccc(Oc2cc(Oc3ccc(N(C)C)cc3)cc(C(=O)OCc3ccco3)c2)cc1. The maximum atomic E-state index is 12.9. The molecule has 146 heavy (non-hydrogen) atoms. The first kappa shape index (κ1) is 110. The van der Waals surface area contributed by atoms with E-state index >= 15 is 0 Å². The van der Waals surface area contributed by atoms with Gasteiger partial charge in [0.15, 0.2) is 0 Å². The van der Waals surface area contributed by atoms with Crippen molar-refractivity contribution in [2.24, 2.45) is 0 Å². The minimum Gasteiger partial charge on any atom is -0.488 e. The number of benzene rings is 10. The first-order valence-electron chi connectivity index (χ1n) is 47.3. The number of carbonyl (C=O) groups is 2. The Kier molecular flexibility index (Phi) is 40.9. The van der Waals surface area contributed by atoms with Crippen LogP contribution in [-0.4, -0.2) is 186 Å². The van der Waals surface area contributed by atoms with Crippen molar-refractivity contribution in [1.29, 1.82) is 0 Å². The summed E-state index contributed by atoms with van der Waals surface area (Å²) in [6.45, 7) is 2.38. The number of aromatic nitrogens is 1. The van der Waals surface area contributed by atoms with Crippen molar-refractivity contribution >= 4 is 91.5 Å². The van der Waals surface area contributed by atoms with Gasteiger partial charge in [-0.1, -0.05) is 6.07 Å². The Labute approximate surface area is 863 Å². The highest BCUT2D eigenvalue weighted by atomic mass is 32.1. The third-order valence-electron chi connectivity index (χ3n) is 22.1. The first-order valence-corrected chi connectivity index (χ1v) is 48.2. The minimum atomic E-state index is -0.511. The van der Waals surface area contributed by atoms with E-state index in [2.05, 4.69) is 105 Å². The molecule has 0 saturated carbocycles. The number of nitrogens with zero attached hydrogens (tertiary/aromatic N) is 12. The maximum absolute atomic E-state index is 12.9. The Morgan fingerprint density at radius 3 is 0.925 bits per heavy atom. The molecule has 29 nitrogen and oxygen atoms in total. The van der Waals surface area contributed by atoms with Crippen LogP contribution in [0.2, 0.25) is 0 Å². The van der Waals surface area contributed by atoms with Gasteiger partial charge < -0.3 is 129 Å². The second kappa shape index (κ2) is 54.5. The van der Waals surface area contributed by atoms with Gasteiger partial charge in [0.1, 0.15) is 125 Å². The van der Waals surface area contributed by atoms with Gasteiger partial charge in [-0.05, 0) is 230 Å². The van der Waals surface area contributed by atoms with Crippen LogP contribution < -0.4 is 102 Å². The summed E-state index contributed by atoms with van der Waals surface area (Å²) in [7, 11) is 48.3. The number of hydrogen-bond donors (Lipinski definition) is 2. The number of anilines is 12. The van der Waals surface area contributed by atoms with E-state index in [0.29, 0.717) is 95.1 Å². The zero-order chi connectivity index (χ0) is 105. The summed E-state index contributed by atoms with van der Waals surface area (Å²) in [5.74, 6) is 10.1. The standard InChI is InChI=1S/C28H29N3O4.C28H28N2O5.C15H21N3O.2C15H20N2O2.C15H20N2OS/c1-30(2)21-7-11-23(12-8-21)34-26-16-20(28(32)29-19-25-6-5-15-33-25)17-27(18-26)35-24-13-9-22(10-14-24)31(3)4;1-29(2)21-7-11-23(12-8-21)34-26-16-20(28(31)33-19-25-6-5-15-32-25)17-27(18-26)35-24-13-9-22(10-14-24)30(3)4;1-17(2)13-8-14(18(3)4)10-15(9-13)19-11-12-6-5-7-16-12;1-16(2)12-7-8-15(14(10-12)17(3)4)19-11-13-6-5-9-18-13;1-16(2)12-8-13(17(3)4)10-15(9-12)19-11-14-6-5-7-18-14;1-16(2)12-8-13(17(3)4)10-14(9-12)18-11-15-6-5-7-19-15/h5-18H,19H2,1-4H3,(H,29,32);5-18H,19H2,1-4H3;5-10,16H,11H2,1-4H3;3*5-10H,11H2,1-4H3. The van der Waals surface area contributed by atoms with Gasteiger partial charge in [-0.15, -0.1) is 11.3 Å². The lowest BCUT2D eigenvalue weighted by molar-refractivity contribution is 0.0444. The molecule has 0 aliphatic carbocycles. The van der Waals surface area contributed by atoms with Gasteiger partial charge in [0.25, 0.3) is 5.91 Å². The van der Waals surface area contributed by atoms with Crippen molar-refractivity contribution in [2.75, 3.05) is 228 Å². The lowest BCUT2D eigenvalue weighted by Crippen LogP contribution is -2.22. The number of H-pyrrole nitrogens is 1. The maximum Gasteiger partial charge on any atom is 0.338 e. The van der Waals surface area contributed by atoms with Crippen LogP contribution in [0.3, 0.4) is 0 Å². The summed E-state index contributed by atoms with van der Waals surface area (Å²) in [4.78, 5) is 54.7. The summed E-state index contributed by atoms with van der Waals surface area (Å²) < 4.78 is 74.1. The highest BCUT2D eigenvalue weighted by Crippen LogP contribution is 2.39. The number of rotatable bonds is 38. The zero-order valence-corrected chi connectivity index (χ0v) is 89.0. The van der Waals surface area contributed by atoms with Gasteiger partial charge in [0.2, 0.25) is 0 Å². The number of nitrogens with one attached hydrogen (secondary N) is 2.